The molecule has 146 valence electrons. The Hall–Kier alpha value is -3.02. The lowest BCUT2D eigenvalue weighted by atomic mass is 9.97. The average Bonchev–Trinajstić information content (AvgIpc) is 3.12. The molecular formula is C22H26N4O2. The summed E-state index contributed by atoms with van der Waals surface area (Å²) in [6.45, 7) is 9.75. The van der Waals surface area contributed by atoms with Crippen LogP contribution in [0.1, 0.15) is 46.2 Å². The molecule has 28 heavy (non-hydrogen) atoms. The number of aromatic nitrogens is 4. The van der Waals surface area contributed by atoms with Crippen molar-refractivity contribution in [1.82, 2.24) is 20.2 Å². The van der Waals surface area contributed by atoms with Gasteiger partial charge in [0.25, 0.3) is 0 Å². The Balaban J connectivity index is 1.81. The molecule has 0 bridgehead atoms. The van der Waals surface area contributed by atoms with Gasteiger partial charge in [-0.25, -0.2) is 0 Å². The van der Waals surface area contributed by atoms with Crippen LogP contribution >= 0.6 is 0 Å². The van der Waals surface area contributed by atoms with Gasteiger partial charge in [0.15, 0.2) is 0 Å². The summed E-state index contributed by atoms with van der Waals surface area (Å²) in [5.74, 6) is 1.08. The lowest BCUT2D eigenvalue weighted by molar-refractivity contribution is -0.142. The van der Waals surface area contributed by atoms with Gasteiger partial charge in [-0.05, 0) is 61.7 Å². The van der Waals surface area contributed by atoms with Crippen LogP contribution in [0.25, 0.3) is 11.4 Å². The summed E-state index contributed by atoms with van der Waals surface area (Å²) < 4.78 is 5.40. The maximum atomic E-state index is 12.0. The first kappa shape index (κ1) is 19.7. The Labute approximate surface area is 165 Å². The van der Waals surface area contributed by atoms with Crippen molar-refractivity contribution in [1.29, 1.82) is 0 Å². The van der Waals surface area contributed by atoms with Crippen LogP contribution in [0.3, 0.4) is 0 Å². The Morgan fingerprint density at radius 3 is 2.21 bits per heavy atom. The maximum Gasteiger partial charge on any atom is 0.316 e. The van der Waals surface area contributed by atoms with Gasteiger partial charge in [-0.15, -0.1) is 10.2 Å². The summed E-state index contributed by atoms with van der Waals surface area (Å²) in [4.78, 5) is 13.7. The first-order valence-corrected chi connectivity index (χ1v) is 9.43. The van der Waals surface area contributed by atoms with Crippen LogP contribution in [-0.2, 0) is 4.79 Å². The molecule has 1 atom stereocenters. The molecular weight excluding hydrogens is 352 g/mol. The van der Waals surface area contributed by atoms with Crippen molar-refractivity contribution in [2.45, 2.75) is 40.7 Å². The molecule has 0 aliphatic heterocycles. The number of rotatable bonds is 5. The second kappa shape index (κ2) is 7.92. The molecule has 6 heteroatoms. The minimum atomic E-state index is -0.549. The van der Waals surface area contributed by atoms with Crippen LogP contribution in [0.4, 0.5) is 0 Å². The van der Waals surface area contributed by atoms with E-state index in [1.807, 2.05) is 51.1 Å². The molecule has 0 N–H and O–H groups in total. The third kappa shape index (κ3) is 4.44. The fourth-order valence-corrected chi connectivity index (χ4v) is 2.83. The molecule has 1 heterocycles. The zero-order valence-corrected chi connectivity index (χ0v) is 17.0. The molecule has 2 aromatic carbocycles. The molecule has 6 nitrogen and oxygen atoms in total. The van der Waals surface area contributed by atoms with Gasteiger partial charge in [-0.1, -0.05) is 44.2 Å². The molecule has 0 amide bonds. The van der Waals surface area contributed by atoms with Gasteiger partial charge in [-0.3, -0.25) is 4.79 Å². The van der Waals surface area contributed by atoms with E-state index in [9.17, 15) is 4.79 Å². The fraction of sp³-hybridized carbons (Fsp3) is 0.364. The highest BCUT2D eigenvalue weighted by molar-refractivity contribution is 5.78. The molecule has 0 spiro atoms. The van der Waals surface area contributed by atoms with Gasteiger partial charge in [0.05, 0.1) is 5.41 Å². The van der Waals surface area contributed by atoms with E-state index in [4.69, 9.17) is 4.74 Å². The SMILES string of the molecule is CC(C)C(c1ccccc1)n1nnc(-c2ccc(OC(=O)C(C)(C)C)cc2)n1. The Morgan fingerprint density at radius 2 is 1.64 bits per heavy atom. The molecule has 0 aliphatic rings. The number of nitrogens with zero attached hydrogens (tertiary/aromatic N) is 4. The molecule has 0 saturated heterocycles. The van der Waals surface area contributed by atoms with Crippen LogP contribution in [0.5, 0.6) is 5.75 Å². The van der Waals surface area contributed by atoms with Crippen molar-refractivity contribution in [3.8, 4) is 17.1 Å². The van der Waals surface area contributed by atoms with Crippen LogP contribution in [-0.4, -0.2) is 26.2 Å². The van der Waals surface area contributed by atoms with Gasteiger partial charge in [0, 0.05) is 5.56 Å². The van der Waals surface area contributed by atoms with Gasteiger partial charge < -0.3 is 4.74 Å². The smallest absolute Gasteiger partial charge is 0.316 e. The maximum absolute atomic E-state index is 12.0. The van der Waals surface area contributed by atoms with Crippen LogP contribution in [0, 0.1) is 11.3 Å². The summed E-state index contributed by atoms with van der Waals surface area (Å²) in [6, 6.07) is 17.3. The molecule has 1 unspecified atom stereocenters. The van der Waals surface area contributed by atoms with Crippen molar-refractivity contribution in [3.63, 3.8) is 0 Å². The highest BCUT2D eigenvalue weighted by Crippen LogP contribution is 2.26. The number of benzene rings is 2. The van der Waals surface area contributed by atoms with E-state index >= 15 is 0 Å². The van der Waals surface area contributed by atoms with Crippen molar-refractivity contribution < 1.29 is 9.53 Å². The first-order valence-electron chi connectivity index (χ1n) is 9.43. The number of hydrogen-bond donors (Lipinski definition) is 0. The van der Waals surface area contributed by atoms with Gasteiger partial charge in [0.2, 0.25) is 5.82 Å². The van der Waals surface area contributed by atoms with Crippen LogP contribution in [0.2, 0.25) is 0 Å². The van der Waals surface area contributed by atoms with Crippen molar-refractivity contribution in [2.75, 3.05) is 0 Å². The molecule has 0 aliphatic carbocycles. The zero-order chi connectivity index (χ0) is 20.3. The van der Waals surface area contributed by atoms with E-state index in [-0.39, 0.29) is 12.0 Å². The normalized spacial score (nSPS) is 12.8. The number of hydrogen-bond acceptors (Lipinski definition) is 5. The predicted molar refractivity (Wildman–Crippen MR) is 108 cm³/mol. The van der Waals surface area contributed by atoms with Crippen molar-refractivity contribution >= 4 is 5.97 Å². The molecule has 0 radical (unpaired) electrons. The fourth-order valence-electron chi connectivity index (χ4n) is 2.83. The number of ether oxygens (including phenoxy) is 1. The minimum Gasteiger partial charge on any atom is -0.426 e. The van der Waals surface area contributed by atoms with E-state index in [0.29, 0.717) is 17.5 Å². The second-order valence-corrected chi connectivity index (χ2v) is 8.20. The van der Waals surface area contributed by atoms with Crippen molar-refractivity contribution in [2.24, 2.45) is 11.3 Å². The van der Waals surface area contributed by atoms with E-state index in [1.165, 1.54) is 0 Å². The van der Waals surface area contributed by atoms with Crippen LogP contribution in [0.15, 0.2) is 54.6 Å². The van der Waals surface area contributed by atoms with Gasteiger partial charge in [-0.2, -0.15) is 4.80 Å². The van der Waals surface area contributed by atoms with E-state index < -0.39 is 5.41 Å². The molecule has 0 saturated carbocycles. The number of carbonyl (C=O) groups is 1. The number of tetrazole rings is 1. The molecule has 3 rings (SSSR count). The van der Waals surface area contributed by atoms with E-state index in [1.54, 1.807) is 16.9 Å². The summed E-state index contributed by atoms with van der Waals surface area (Å²) in [5, 5.41) is 13.1. The predicted octanol–water partition coefficient (Wildman–Crippen LogP) is 4.54. The van der Waals surface area contributed by atoms with Crippen LogP contribution < -0.4 is 4.74 Å². The second-order valence-electron chi connectivity index (χ2n) is 8.20. The summed E-state index contributed by atoms with van der Waals surface area (Å²) in [7, 11) is 0. The summed E-state index contributed by atoms with van der Waals surface area (Å²) >= 11 is 0. The molecule has 3 aromatic rings. The Morgan fingerprint density at radius 1 is 1.00 bits per heavy atom. The summed E-state index contributed by atoms with van der Waals surface area (Å²) in [6.07, 6.45) is 0. The lowest BCUT2D eigenvalue weighted by Crippen LogP contribution is -2.25. The summed E-state index contributed by atoms with van der Waals surface area (Å²) in [5.41, 5.74) is 1.41. The lowest BCUT2D eigenvalue weighted by Gasteiger charge is -2.19. The first-order chi connectivity index (χ1) is 13.3. The highest BCUT2D eigenvalue weighted by Gasteiger charge is 2.24. The number of esters is 1. The Bertz CT molecular complexity index is 925. The number of carbonyl (C=O) groups excluding carboxylic acids is 1. The third-order valence-electron chi connectivity index (χ3n) is 4.39. The van der Waals surface area contributed by atoms with Crippen molar-refractivity contribution in [3.05, 3.63) is 60.2 Å². The monoisotopic (exact) mass is 378 g/mol. The topological polar surface area (TPSA) is 69.9 Å². The third-order valence-corrected chi connectivity index (χ3v) is 4.39. The van der Waals surface area contributed by atoms with Gasteiger partial charge >= 0.3 is 5.97 Å². The minimum absolute atomic E-state index is 0.00876. The highest BCUT2D eigenvalue weighted by atomic mass is 16.5. The van der Waals surface area contributed by atoms with Gasteiger partial charge in [0.1, 0.15) is 11.8 Å². The average molecular weight is 378 g/mol. The van der Waals surface area contributed by atoms with E-state index in [2.05, 4.69) is 41.4 Å². The molecule has 1 aromatic heterocycles. The quantitative estimate of drug-likeness (QED) is 0.482. The standard InChI is InChI=1S/C22H26N4O2/c1-15(2)19(16-9-7-6-8-10-16)26-24-20(23-25-26)17-11-13-18(14-12-17)28-21(27)22(3,4)5/h6-15,19H,1-5H3. The molecule has 0 fully saturated rings. The van der Waals surface area contributed by atoms with E-state index in [0.717, 1.165) is 11.1 Å². The Kier molecular flexibility index (Phi) is 5.58. The largest absolute Gasteiger partial charge is 0.426 e. The zero-order valence-electron chi connectivity index (χ0n) is 17.0.